The Morgan fingerprint density at radius 1 is 1.27 bits per heavy atom. The van der Waals surface area contributed by atoms with Crippen molar-refractivity contribution in [1.82, 2.24) is 5.32 Å². The first-order valence-corrected chi connectivity index (χ1v) is 4.33. The molecule has 1 aliphatic rings. The molecule has 0 bridgehead atoms. The molecule has 1 saturated heterocycles. The summed E-state index contributed by atoms with van der Waals surface area (Å²) in [6.45, 7) is 6.46. The van der Waals surface area contributed by atoms with Crippen LogP contribution in [0.15, 0.2) is 0 Å². The number of hydrogen-bond donors (Lipinski definition) is 1. The smallest absolute Gasteiger partial charge is 0.0824 e. The Bertz CT molecular complexity index is 94.1. The molecule has 0 aromatic rings. The van der Waals surface area contributed by atoms with E-state index in [4.69, 9.17) is 9.47 Å². The molecule has 1 fully saturated rings. The van der Waals surface area contributed by atoms with Crippen LogP contribution in [0.4, 0.5) is 0 Å². The Morgan fingerprint density at radius 3 is 2.64 bits per heavy atom. The van der Waals surface area contributed by atoms with E-state index in [1.54, 1.807) is 0 Å². The summed E-state index contributed by atoms with van der Waals surface area (Å²) in [5, 5.41) is 3.15. The van der Waals surface area contributed by atoms with E-state index in [1.807, 2.05) is 0 Å². The van der Waals surface area contributed by atoms with Gasteiger partial charge in [-0.15, -0.1) is 0 Å². The molecule has 3 heteroatoms. The fourth-order valence-electron chi connectivity index (χ4n) is 0.900. The van der Waals surface area contributed by atoms with E-state index in [0.29, 0.717) is 6.10 Å². The molecule has 0 atom stereocenters. The standard InChI is InChI=1S/C8H17NO2/c1-2-3-10-4-5-11-8-6-9-7-8/h8-9H,2-7H2,1H3. The van der Waals surface area contributed by atoms with Crippen molar-refractivity contribution in [2.24, 2.45) is 0 Å². The monoisotopic (exact) mass is 159 g/mol. The van der Waals surface area contributed by atoms with E-state index in [1.165, 1.54) is 0 Å². The summed E-state index contributed by atoms with van der Waals surface area (Å²) in [5.41, 5.74) is 0. The third-order valence-electron chi connectivity index (χ3n) is 1.67. The van der Waals surface area contributed by atoms with Crippen molar-refractivity contribution in [3.63, 3.8) is 0 Å². The molecule has 0 aromatic heterocycles. The van der Waals surface area contributed by atoms with E-state index in [0.717, 1.165) is 39.3 Å². The lowest BCUT2D eigenvalue weighted by molar-refractivity contribution is -0.0164. The van der Waals surface area contributed by atoms with Crippen molar-refractivity contribution in [2.45, 2.75) is 19.4 Å². The number of hydrogen-bond acceptors (Lipinski definition) is 3. The van der Waals surface area contributed by atoms with Crippen LogP contribution in [0.25, 0.3) is 0 Å². The van der Waals surface area contributed by atoms with Gasteiger partial charge in [0.2, 0.25) is 0 Å². The summed E-state index contributed by atoms with van der Waals surface area (Å²) in [6, 6.07) is 0. The molecule has 0 radical (unpaired) electrons. The molecular formula is C8H17NO2. The first-order valence-electron chi connectivity index (χ1n) is 4.33. The molecule has 1 N–H and O–H groups in total. The van der Waals surface area contributed by atoms with Gasteiger partial charge >= 0.3 is 0 Å². The van der Waals surface area contributed by atoms with Gasteiger partial charge in [-0.05, 0) is 6.42 Å². The lowest BCUT2D eigenvalue weighted by Gasteiger charge is -2.26. The van der Waals surface area contributed by atoms with Gasteiger partial charge in [0.1, 0.15) is 0 Å². The minimum atomic E-state index is 0.445. The highest BCUT2D eigenvalue weighted by Gasteiger charge is 2.15. The van der Waals surface area contributed by atoms with E-state index in [-0.39, 0.29) is 0 Å². The zero-order valence-corrected chi connectivity index (χ0v) is 7.14. The highest BCUT2D eigenvalue weighted by atomic mass is 16.5. The van der Waals surface area contributed by atoms with Crippen LogP contribution in [-0.4, -0.2) is 39.0 Å². The van der Waals surface area contributed by atoms with Crippen molar-refractivity contribution >= 4 is 0 Å². The molecule has 1 heterocycles. The maximum Gasteiger partial charge on any atom is 0.0824 e. The van der Waals surface area contributed by atoms with Gasteiger partial charge in [0, 0.05) is 19.7 Å². The molecule has 0 saturated carbocycles. The molecule has 11 heavy (non-hydrogen) atoms. The summed E-state index contributed by atoms with van der Waals surface area (Å²) in [5.74, 6) is 0. The summed E-state index contributed by atoms with van der Waals surface area (Å²) in [6.07, 6.45) is 1.53. The van der Waals surface area contributed by atoms with Gasteiger partial charge in [-0.2, -0.15) is 0 Å². The van der Waals surface area contributed by atoms with Gasteiger partial charge in [-0.1, -0.05) is 6.92 Å². The highest BCUT2D eigenvalue weighted by Crippen LogP contribution is 1.96. The zero-order valence-electron chi connectivity index (χ0n) is 7.14. The van der Waals surface area contributed by atoms with Crippen LogP contribution in [0.1, 0.15) is 13.3 Å². The average molecular weight is 159 g/mol. The van der Waals surface area contributed by atoms with Crippen molar-refractivity contribution in [3.05, 3.63) is 0 Å². The molecule has 0 aromatic carbocycles. The maximum absolute atomic E-state index is 5.44. The number of nitrogens with one attached hydrogen (secondary N) is 1. The second kappa shape index (κ2) is 5.52. The van der Waals surface area contributed by atoms with Crippen LogP contribution in [0.2, 0.25) is 0 Å². The quantitative estimate of drug-likeness (QED) is 0.569. The lowest BCUT2D eigenvalue weighted by atomic mass is 10.2. The van der Waals surface area contributed by atoms with Crippen LogP contribution in [0, 0.1) is 0 Å². The van der Waals surface area contributed by atoms with Gasteiger partial charge in [-0.3, -0.25) is 0 Å². The second-order valence-corrected chi connectivity index (χ2v) is 2.76. The molecule has 66 valence electrons. The summed E-state index contributed by atoms with van der Waals surface area (Å²) in [7, 11) is 0. The first kappa shape index (κ1) is 8.97. The number of ether oxygens (including phenoxy) is 2. The molecule has 3 nitrogen and oxygen atoms in total. The Balaban J connectivity index is 1.73. The fraction of sp³-hybridized carbons (Fsp3) is 1.00. The number of rotatable bonds is 6. The third kappa shape index (κ3) is 3.70. The average Bonchev–Trinajstić information content (AvgIpc) is 1.93. The molecule has 0 aliphatic carbocycles. The van der Waals surface area contributed by atoms with Crippen molar-refractivity contribution in [2.75, 3.05) is 32.9 Å². The van der Waals surface area contributed by atoms with E-state index in [9.17, 15) is 0 Å². The second-order valence-electron chi connectivity index (χ2n) is 2.76. The van der Waals surface area contributed by atoms with Gasteiger partial charge in [0.25, 0.3) is 0 Å². The molecule has 0 spiro atoms. The topological polar surface area (TPSA) is 30.5 Å². The maximum atomic E-state index is 5.44. The minimum Gasteiger partial charge on any atom is -0.379 e. The predicted octanol–water partition coefficient (Wildman–Crippen LogP) is 0.401. The van der Waals surface area contributed by atoms with Gasteiger partial charge in [0.15, 0.2) is 0 Å². The summed E-state index contributed by atoms with van der Waals surface area (Å²) >= 11 is 0. The van der Waals surface area contributed by atoms with Crippen LogP contribution in [0.3, 0.4) is 0 Å². The predicted molar refractivity (Wildman–Crippen MR) is 43.7 cm³/mol. The van der Waals surface area contributed by atoms with E-state index in [2.05, 4.69) is 12.2 Å². The fourth-order valence-corrected chi connectivity index (χ4v) is 0.900. The molecule has 1 rings (SSSR count). The highest BCUT2D eigenvalue weighted by molar-refractivity contribution is 4.74. The Labute approximate surface area is 68.1 Å². The van der Waals surface area contributed by atoms with Crippen LogP contribution >= 0.6 is 0 Å². The van der Waals surface area contributed by atoms with Crippen LogP contribution < -0.4 is 5.32 Å². The normalized spacial score (nSPS) is 18.3. The van der Waals surface area contributed by atoms with Crippen molar-refractivity contribution in [1.29, 1.82) is 0 Å². The van der Waals surface area contributed by atoms with Gasteiger partial charge in [0.05, 0.1) is 19.3 Å². The van der Waals surface area contributed by atoms with Gasteiger partial charge < -0.3 is 14.8 Å². The molecule has 0 amide bonds. The van der Waals surface area contributed by atoms with E-state index >= 15 is 0 Å². The third-order valence-corrected chi connectivity index (χ3v) is 1.67. The zero-order chi connectivity index (χ0) is 7.94. The largest absolute Gasteiger partial charge is 0.379 e. The van der Waals surface area contributed by atoms with Crippen LogP contribution in [0.5, 0.6) is 0 Å². The van der Waals surface area contributed by atoms with Crippen molar-refractivity contribution < 1.29 is 9.47 Å². The first-order chi connectivity index (χ1) is 5.43. The molecular weight excluding hydrogens is 142 g/mol. The Hall–Kier alpha value is -0.120. The van der Waals surface area contributed by atoms with Gasteiger partial charge in [-0.25, -0.2) is 0 Å². The summed E-state index contributed by atoms with van der Waals surface area (Å²) in [4.78, 5) is 0. The Kier molecular flexibility index (Phi) is 4.50. The lowest BCUT2D eigenvalue weighted by Crippen LogP contribution is -2.48. The Morgan fingerprint density at radius 2 is 2.09 bits per heavy atom. The summed E-state index contributed by atoms with van der Waals surface area (Å²) < 4.78 is 10.7. The minimum absolute atomic E-state index is 0.445. The van der Waals surface area contributed by atoms with Crippen molar-refractivity contribution in [3.8, 4) is 0 Å². The SMILES string of the molecule is CCCOCCOC1CNC1. The molecule has 0 unspecified atom stereocenters. The molecule has 1 aliphatic heterocycles. The van der Waals surface area contributed by atoms with Crippen LogP contribution in [-0.2, 0) is 9.47 Å². The van der Waals surface area contributed by atoms with E-state index < -0.39 is 0 Å².